The summed E-state index contributed by atoms with van der Waals surface area (Å²) >= 11 is 0. The monoisotopic (exact) mass is 256 g/mol. The van der Waals surface area contributed by atoms with Crippen molar-refractivity contribution in [2.45, 2.75) is 24.8 Å². The number of benzene rings is 1. The fraction of sp³-hybridized carbons (Fsp3) is 0.273. The van der Waals surface area contributed by atoms with Gasteiger partial charge in [0.05, 0.1) is 0 Å². The van der Waals surface area contributed by atoms with E-state index >= 15 is 0 Å². The van der Waals surface area contributed by atoms with Crippen LogP contribution in [0, 0.1) is 5.82 Å². The van der Waals surface area contributed by atoms with Crippen molar-refractivity contribution in [3.8, 4) is 0 Å². The molecule has 0 unspecified atom stereocenters. The molecule has 92 valence electrons. The fourth-order valence-corrected chi connectivity index (χ4v) is 2.63. The molecule has 0 saturated heterocycles. The van der Waals surface area contributed by atoms with Crippen molar-refractivity contribution in [3.05, 3.63) is 30.2 Å². The molecule has 6 heteroatoms. The smallest absolute Gasteiger partial charge is 0.240 e. The first-order chi connectivity index (χ1) is 7.93. The maximum absolute atomic E-state index is 13.2. The number of primary sulfonamides is 1. The first-order valence-electron chi connectivity index (χ1n) is 5.24. The summed E-state index contributed by atoms with van der Waals surface area (Å²) in [5, 5.41) is 5.45. The molecule has 4 nitrogen and oxygen atoms in total. The highest BCUT2D eigenvalue weighted by atomic mass is 32.2. The van der Waals surface area contributed by atoms with Gasteiger partial charge in [0.1, 0.15) is 10.7 Å². The van der Waals surface area contributed by atoms with Gasteiger partial charge in [0.25, 0.3) is 0 Å². The van der Waals surface area contributed by atoms with E-state index in [1.807, 2.05) is 6.92 Å². The summed E-state index contributed by atoms with van der Waals surface area (Å²) in [6.45, 7) is 2.64. The molecular formula is C11H13FN2O2S. The van der Waals surface area contributed by atoms with Gasteiger partial charge in [-0.25, -0.2) is 17.9 Å². The average molecular weight is 256 g/mol. The molecule has 0 saturated carbocycles. The van der Waals surface area contributed by atoms with Gasteiger partial charge >= 0.3 is 0 Å². The van der Waals surface area contributed by atoms with Gasteiger partial charge in [-0.3, -0.25) is 0 Å². The second-order valence-electron chi connectivity index (χ2n) is 3.89. The van der Waals surface area contributed by atoms with Crippen LogP contribution in [0.5, 0.6) is 0 Å². The molecule has 0 amide bonds. The number of sulfonamides is 1. The first-order valence-corrected chi connectivity index (χ1v) is 6.79. The van der Waals surface area contributed by atoms with Crippen LogP contribution < -0.4 is 5.14 Å². The SMILES string of the molecule is CCCn1cc(S(N)(=O)=O)c2cc(F)ccc21. The molecule has 0 spiro atoms. The third-order valence-corrected chi connectivity index (χ3v) is 3.52. The third kappa shape index (κ3) is 2.18. The number of nitrogens with zero attached hydrogens (tertiary/aromatic N) is 1. The molecule has 2 aromatic rings. The van der Waals surface area contributed by atoms with Crippen molar-refractivity contribution in [2.75, 3.05) is 0 Å². The van der Waals surface area contributed by atoms with Gasteiger partial charge in [-0.15, -0.1) is 0 Å². The van der Waals surface area contributed by atoms with Crippen LogP contribution in [-0.4, -0.2) is 13.0 Å². The van der Waals surface area contributed by atoms with Crippen molar-refractivity contribution >= 4 is 20.9 Å². The quantitative estimate of drug-likeness (QED) is 0.910. The lowest BCUT2D eigenvalue weighted by atomic mass is 10.2. The van der Waals surface area contributed by atoms with Crippen LogP contribution in [0.1, 0.15) is 13.3 Å². The standard InChI is InChI=1S/C11H13FN2O2S/c1-2-5-14-7-11(17(13,15)16)9-6-8(12)3-4-10(9)14/h3-4,6-7H,2,5H2,1H3,(H2,13,15,16). The summed E-state index contributed by atoms with van der Waals surface area (Å²) in [6, 6.07) is 4.07. The summed E-state index contributed by atoms with van der Waals surface area (Å²) in [5.41, 5.74) is 0.678. The predicted molar refractivity (Wildman–Crippen MR) is 63.6 cm³/mol. The fourth-order valence-electron chi connectivity index (χ4n) is 1.89. The number of nitrogens with two attached hydrogens (primary N) is 1. The lowest BCUT2D eigenvalue weighted by Crippen LogP contribution is -2.11. The van der Waals surface area contributed by atoms with E-state index in [-0.39, 0.29) is 4.90 Å². The topological polar surface area (TPSA) is 65.1 Å². The normalized spacial score (nSPS) is 12.2. The molecule has 17 heavy (non-hydrogen) atoms. The molecule has 0 aliphatic carbocycles. The van der Waals surface area contributed by atoms with Gasteiger partial charge in [-0.1, -0.05) is 6.92 Å². The zero-order chi connectivity index (χ0) is 12.6. The van der Waals surface area contributed by atoms with E-state index < -0.39 is 15.8 Å². The molecule has 1 aromatic heterocycles. The Morgan fingerprint density at radius 3 is 2.71 bits per heavy atom. The van der Waals surface area contributed by atoms with E-state index in [0.29, 0.717) is 17.4 Å². The molecule has 0 aliphatic heterocycles. The van der Waals surface area contributed by atoms with Crippen molar-refractivity contribution in [1.29, 1.82) is 0 Å². The van der Waals surface area contributed by atoms with E-state index in [4.69, 9.17) is 5.14 Å². The minimum atomic E-state index is -3.83. The Morgan fingerprint density at radius 1 is 1.41 bits per heavy atom. The lowest BCUT2D eigenvalue weighted by Gasteiger charge is -2.01. The van der Waals surface area contributed by atoms with E-state index in [2.05, 4.69) is 0 Å². The van der Waals surface area contributed by atoms with Crippen molar-refractivity contribution in [3.63, 3.8) is 0 Å². The average Bonchev–Trinajstić information content (AvgIpc) is 2.56. The molecule has 0 aliphatic rings. The van der Waals surface area contributed by atoms with Crippen LogP contribution in [-0.2, 0) is 16.6 Å². The summed E-state index contributed by atoms with van der Waals surface area (Å²) in [6.07, 6.45) is 2.31. The number of aryl methyl sites for hydroxylation is 1. The summed E-state index contributed by atoms with van der Waals surface area (Å²) in [4.78, 5) is -0.0274. The molecule has 1 aromatic carbocycles. The third-order valence-electron chi connectivity index (χ3n) is 2.58. The Morgan fingerprint density at radius 2 is 2.12 bits per heavy atom. The minimum Gasteiger partial charge on any atom is -0.346 e. The zero-order valence-corrected chi connectivity index (χ0v) is 10.2. The van der Waals surface area contributed by atoms with Gasteiger partial charge in [0.2, 0.25) is 10.0 Å². The van der Waals surface area contributed by atoms with Gasteiger partial charge in [0.15, 0.2) is 0 Å². The van der Waals surface area contributed by atoms with Crippen LogP contribution in [0.3, 0.4) is 0 Å². The zero-order valence-electron chi connectivity index (χ0n) is 9.35. The van der Waals surface area contributed by atoms with E-state index in [0.717, 1.165) is 6.42 Å². The van der Waals surface area contributed by atoms with E-state index in [9.17, 15) is 12.8 Å². The molecular weight excluding hydrogens is 243 g/mol. The highest BCUT2D eigenvalue weighted by Gasteiger charge is 2.17. The number of halogens is 1. The Balaban J connectivity index is 2.80. The molecule has 0 fully saturated rings. The summed E-state index contributed by atoms with van der Waals surface area (Å²) in [5.74, 6) is -0.475. The second-order valence-corrected chi connectivity index (χ2v) is 5.42. The number of rotatable bonds is 3. The summed E-state index contributed by atoms with van der Waals surface area (Å²) in [7, 11) is -3.83. The molecule has 0 bridgehead atoms. The predicted octanol–water partition coefficient (Wildman–Crippen LogP) is 1.84. The Bertz CT molecular complexity index is 661. The Hall–Kier alpha value is -1.40. The van der Waals surface area contributed by atoms with Crippen molar-refractivity contribution in [2.24, 2.45) is 5.14 Å². The van der Waals surface area contributed by atoms with Crippen LogP contribution in [0.15, 0.2) is 29.3 Å². The van der Waals surface area contributed by atoms with Crippen LogP contribution in [0.2, 0.25) is 0 Å². The number of aromatic nitrogens is 1. The Labute approximate surface area is 98.9 Å². The Kier molecular flexibility index (Phi) is 2.92. The van der Waals surface area contributed by atoms with Gasteiger partial charge < -0.3 is 4.57 Å². The summed E-state index contributed by atoms with van der Waals surface area (Å²) < 4.78 is 37.8. The number of hydrogen-bond acceptors (Lipinski definition) is 2. The van der Waals surface area contributed by atoms with Gasteiger partial charge in [0, 0.05) is 23.6 Å². The van der Waals surface area contributed by atoms with Crippen LogP contribution in [0.4, 0.5) is 4.39 Å². The minimum absolute atomic E-state index is 0.0274. The largest absolute Gasteiger partial charge is 0.346 e. The maximum atomic E-state index is 13.2. The van der Waals surface area contributed by atoms with E-state index in [1.54, 1.807) is 10.6 Å². The molecule has 2 N–H and O–H groups in total. The van der Waals surface area contributed by atoms with Gasteiger partial charge in [-0.2, -0.15) is 0 Å². The molecule has 2 rings (SSSR count). The lowest BCUT2D eigenvalue weighted by molar-refractivity contribution is 0.597. The maximum Gasteiger partial charge on any atom is 0.240 e. The van der Waals surface area contributed by atoms with Crippen molar-refractivity contribution in [1.82, 2.24) is 4.57 Å². The second kappa shape index (κ2) is 4.12. The number of hydrogen-bond donors (Lipinski definition) is 1. The first kappa shape index (κ1) is 12.1. The highest BCUT2D eigenvalue weighted by Crippen LogP contribution is 2.25. The molecule has 0 radical (unpaired) electrons. The number of fused-ring (bicyclic) bond motifs is 1. The molecule has 0 atom stereocenters. The van der Waals surface area contributed by atoms with Crippen LogP contribution >= 0.6 is 0 Å². The molecule has 1 heterocycles. The van der Waals surface area contributed by atoms with E-state index in [1.165, 1.54) is 18.3 Å². The van der Waals surface area contributed by atoms with Crippen LogP contribution in [0.25, 0.3) is 10.9 Å². The van der Waals surface area contributed by atoms with Crippen molar-refractivity contribution < 1.29 is 12.8 Å². The highest BCUT2D eigenvalue weighted by molar-refractivity contribution is 7.89. The van der Waals surface area contributed by atoms with Gasteiger partial charge in [-0.05, 0) is 24.6 Å².